The van der Waals surface area contributed by atoms with Gasteiger partial charge in [0.25, 0.3) is 5.91 Å². The van der Waals surface area contributed by atoms with Gasteiger partial charge in [0.05, 0.1) is 11.4 Å². The number of carbonyl (C=O) groups is 1. The average molecular weight is 440 g/mol. The van der Waals surface area contributed by atoms with Crippen LogP contribution in [0.15, 0.2) is 48.8 Å². The van der Waals surface area contributed by atoms with Crippen molar-refractivity contribution in [3.05, 3.63) is 59.5 Å². The summed E-state index contributed by atoms with van der Waals surface area (Å²) in [7, 11) is 5.37. The summed E-state index contributed by atoms with van der Waals surface area (Å²) in [4.78, 5) is 21.8. The molecule has 0 spiro atoms. The monoisotopic (exact) mass is 439 g/mol. The van der Waals surface area contributed by atoms with Gasteiger partial charge in [0.15, 0.2) is 11.0 Å². The second kappa shape index (κ2) is 10.1. The number of aromatic nitrogens is 2. The molecular formula is C22H26ClN7O. The molecule has 2 aromatic carbocycles. The van der Waals surface area contributed by atoms with E-state index in [1.807, 2.05) is 49.5 Å². The van der Waals surface area contributed by atoms with Crippen LogP contribution >= 0.6 is 11.6 Å². The molecule has 1 amide bonds. The van der Waals surface area contributed by atoms with Crippen molar-refractivity contribution in [1.29, 1.82) is 0 Å². The minimum absolute atomic E-state index is 0.0332. The quantitative estimate of drug-likeness (QED) is 0.314. The first-order chi connectivity index (χ1) is 14.9. The van der Waals surface area contributed by atoms with Crippen molar-refractivity contribution in [2.45, 2.75) is 0 Å². The highest BCUT2D eigenvalue weighted by atomic mass is 35.5. The van der Waals surface area contributed by atoms with E-state index in [-0.39, 0.29) is 16.7 Å². The molecule has 0 aliphatic carbocycles. The Balaban J connectivity index is 1.94. The summed E-state index contributed by atoms with van der Waals surface area (Å²) >= 11 is 6.04. The van der Waals surface area contributed by atoms with Crippen LogP contribution in [0.5, 0.6) is 0 Å². The lowest BCUT2D eigenvalue weighted by molar-refractivity contribution is 0.0827. The highest BCUT2D eigenvalue weighted by Gasteiger charge is 2.12. The van der Waals surface area contributed by atoms with Crippen LogP contribution in [0.1, 0.15) is 10.4 Å². The Kier molecular flexibility index (Phi) is 7.28. The van der Waals surface area contributed by atoms with Gasteiger partial charge >= 0.3 is 0 Å². The average Bonchev–Trinajstić information content (AvgIpc) is 2.77. The topological polar surface area (TPSA) is 108 Å². The highest BCUT2D eigenvalue weighted by Crippen LogP contribution is 2.33. The third-order valence-corrected chi connectivity index (χ3v) is 4.97. The largest absolute Gasteiger partial charge is 0.393 e. The Hall–Kier alpha value is -3.36. The van der Waals surface area contributed by atoms with E-state index in [2.05, 4.69) is 25.9 Å². The first-order valence-electron chi connectivity index (χ1n) is 9.78. The van der Waals surface area contributed by atoms with Crippen molar-refractivity contribution in [3.8, 4) is 11.1 Å². The molecule has 31 heavy (non-hydrogen) atoms. The van der Waals surface area contributed by atoms with Crippen molar-refractivity contribution >= 4 is 40.4 Å². The fourth-order valence-electron chi connectivity index (χ4n) is 2.97. The van der Waals surface area contributed by atoms with E-state index in [9.17, 15) is 4.79 Å². The van der Waals surface area contributed by atoms with Crippen LogP contribution in [0.2, 0.25) is 5.15 Å². The second-order valence-electron chi connectivity index (χ2n) is 7.12. The molecule has 3 rings (SSSR count). The fraction of sp³-hybridized carbons (Fsp3) is 0.227. The lowest BCUT2D eigenvalue weighted by Gasteiger charge is -2.16. The van der Waals surface area contributed by atoms with Crippen LogP contribution < -0.4 is 21.7 Å². The van der Waals surface area contributed by atoms with Gasteiger partial charge in [0.2, 0.25) is 0 Å². The van der Waals surface area contributed by atoms with Gasteiger partial charge in [-0.2, -0.15) is 0 Å². The van der Waals surface area contributed by atoms with Crippen molar-refractivity contribution in [1.82, 2.24) is 20.2 Å². The summed E-state index contributed by atoms with van der Waals surface area (Å²) in [5.74, 6) is 0.398. The summed E-state index contributed by atoms with van der Waals surface area (Å²) in [6, 6.07) is 13.5. The molecule has 162 valence electrons. The number of benzene rings is 2. The van der Waals surface area contributed by atoms with Gasteiger partial charge in [-0.3, -0.25) is 4.79 Å². The van der Waals surface area contributed by atoms with Gasteiger partial charge in [-0.1, -0.05) is 29.8 Å². The first-order valence-corrected chi connectivity index (χ1v) is 10.2. The van der Waals surface area contributed by atoms with E-state index in [0.717, 1.165) is 35.6 Å². The van der Waals surface area contributed by atoms with E-state index >= 15 is 0 Å². The molecule has 3 aromatic rings. The van der Waals surface area contributed by atoms with Crippen molar-refractivity contribution < 1.29 is 4.79 Å². The number of rotatable bonds is 8. The molecule has 0 saturated heterocycles. The predicted octanol–water partition coefficient (Wildman–Crippen LogP) is 3.46. The summed E-state index contributed by atoms with van der Waals surface area (Å²) in [6.07, 6.45) is 1.36. The third-order valence-electron chi connectivity index (χ3n) is 4.67. The smallest absolute Gasteiger partial charge is 0.253 e. The number of carbonyl (C=O) groups excluding carboxylic acids is 1. The standard InChI is InChI=1S/C22H26ClN7O/c1-25-10-11-26-17-9-8-16(14-4-6-15(7-5-14)22(31)30(2)3)12-18(17)29-21-19(24)20(23)27-13-28-21/h4-9,12-13,25-26H,10-11,24H2,1-3H3,(H,27,28,29). The Morgan fingerprint density at radius 1 is 1.03 bits per heavy atom. The zero-order valence-electron chi connectivity index (χ0n) is 17.7. The molecule has 0 fully saturated rings. The molecule has 0 radical (unpaired) electrons. The number of nitrogen functional groups attached to an aromatic ring is 1. The molecule has 0 atom stereocenters. The summed E-state index contributed by atoms with van der Waals surface area (Å²) in [5, 5.41) is 9.96. The molecule has 9 heteroatoms. The van der Waals surface area contributed by atoms with Gasteiger partial charge in [-0.25, -0.2) is 9.97 Å². The molecular weight excluding hydrogens is 414 g/mol. The van der Waals surface area contributed by atoms with Crippen molar-refractivity contribution in [2.24, 2.45) is 0 Å². The van der Waals surface area contributed by atoms with Gasteiger partial charge in [-0.15, -0.1) is 0 Å². The van der Waals surface area contributed by atoms with E-state index < -0.39 is 0 Å². The van der Waals surface area contributed by atoms with E-state index in [1.54, 1.807) is 19.0 Å². The molecule has 0 unspecified atom stereocenters. The molecule has 0 saturated carbocycles. The fourth-order valence-corrected chi connectivity index (χ4v) is 3.10. The first kappa shape index (κ1) is 22.3. The zero-order valence-corrected chi connectivity index (χ0v) is 18.5. The normalized spacial score (nSPS) is 10.6. The highest BCUT2D eigenvalue weighted by molar-refractivity contribution is 6.32. The van der Waals surface area contributed by atoms with Crippen LogP contribution in [0.3, 0.4) is 0 Å². The Bertz CT molecular complexity index is 1050. The molecule has 1 aromatic heterocycles. The number of amides is 1. The van der Waals surface area contributed by atoms with E-state index in [0.29, 0.717) is 11.4 Å². The molecule has 0 bridgehead atoms. The second-order valence-corrected chi connectivity index (χ2v) is 7.48. The molecule has 0 aliphatic heterocycles. The van der Waals surface area contributed by atoms with E-state index in [1.165, 1.54) is 6.33 Å². The van der Waals surface area contributed by atoms with Crippen LogP contribution in [-0.2, 0) is 0 Å². The Morgan fingerprint density at radius 3 is 2.42 bits per heavy atom. The maximum Gasteiger partial charge on any atom is 0.253 e. The molecule has 5 N–H and O–H groups in total. The maximum atomic E-state index is 12.1. The van der Waals surface area contributed by atoms with Gasteiger partial charge in [-0.05, 0) is 42.4 Å². The third kappa shape index (κ3) is 5.42. The number of likely N-dealkylation sites (N-methyl/N-ethyl adjacent to an activating group) is 1. The minimum atomic E-state index is -0.0332. The predicted molar refractivity (Wildman–Crippen MR) is 127 cm³/mol. The summed E-state index contributed by atoms with van der Waals surface area (Å²) in [5.41, 5.74) is 10.6. The Morgan fingerprint density at radius 2 is 1.74 bits per heavy atom. The number of nitrogens with one attached hydrogen (secondary N) is 3. The van der Waals surface area contributed by atoms with Crippen LogP contribution in [0, 0.1) is 0 Å². The van der Waals surface area contributed by atoms with Gasteiger partial charge in [0.1, 0.15) is 12.0 Å². The molecule has 8 nitrogen and oxygen atoms in total. The summed E-state index contributed by atoms with van der Waals surface area (Å²) < 4.78 is 0. The van der Waals surface area contributed by atoms with Crippen LogP contribution in [-0.4, -0.2) is 55.0 Å². The molecule has 1 heterocycles. The molecule has 0 aliphatic rings. The minimum Gasteiger partial charge on any atom is -0.393 e. The lowest BCUT2D eigenvalue weighted by Crippen LogP contribution is -2.21. The number of hydrogen-bond donors (Lipinski definition) is 4. The van der Waals surface area contributed by atoms with Crippen molar-refractivity contribution in [3.63, 3.8) is 0 Å². The van der Waals surface area contributed by atoms with Gasteiger partial charge in [0, 0.05) is 32.7 Å². The zero-order chi connectivity index (χ0) is 22.4. The Labute approximate surface area is 186 Å². The van der Waals surface area contributed by atoms with Crippen molar-refractivity contribution in [2.75, 3.05) is 50.6 Å². The SMILES string of the molecule is CNCCNc1ccc(-c2ccc(C(=O)N(C)C)cc2)cc1Nc1ncnc(Cl)c1N. The number of nitrogens with two attached hydrogens (primary N) is 1. The van der Waals surface area contributed by atoms with E-state index in [4.69, 9.17) is 17.3 Å². The lowest BCUT2D eigenvalue weighted by atomic mass is 10.0. The number of anilines is 4. The summed E-state index contributed by atoms with van der Waals surface area (Å²) in [6.45, 7) is 1.55. The number of nitrogens with zero attached hydrogens (tertiary/aromatic N) is 3. The number of halogens is 1. The van der Waals surface area contributed by atoms with Gasteiger partial charge < -0.3 is 26.6 Å². The number of hydrogen-bond acceptors (Lipinski definition) is 7. The maximum absolute atomic E-state index is 12.1. The van der Waals surface area contributed by atoms with Crippen LogP contribution in [0.25, 0.3) is 11.1 Å². The van der Waals surface area contributed by atoms with Crippen LogP contribution in [0.4, 0.5) is 22.9 Å².